The highest BCUT2D eigenvalue weighted by Crippen LogP contribution is 2.21. The van der Waals surface area contributed by atoms with Crippen LogP contribution < -0.4 is 4.90 Å². The molecule has 0 aliphatic heterocycles. The standard InChI is InChI=1S/C15H15NO3/c17-11-10-16(12-6-2-1-3-7-12)15(19)13-8-4-5-9-14(13)18/h1-9,17-18H,10-11H2. The maximum absolute atomic E-state index is 12.4. The average Bonchev–Trinajstić information content (AvgIpc) is 2.45. The van der Waals surface area contributed by atoms with E-state index in [1.807, 2.05) is 18.2 Å². The smallest absolute Gasteiger partial charge is 0.262 e. The van der Waals surface area contributed by atoms with Crippen molar-refractivity contribution in [2.45, 2.75) is 0 Å². The predicted molar refractivity (Wildman–Crippen MR) is 73.3 cm³/mol. The van der Waals surface area contributed by atoms with Gasteiger partial charge >= 0.3 is 0 Å². The van der Waals surface area contributed by atoms with Crippen LogP contribution in [0.4, 0.5) is 5.69 Å². The number of aliphatic hydroxyl groups excluding tert-OH is 1. The van der Waals surface area contributed by atoms with Gasteiger partial charge in [0.25, 0.3) is 5.91 Å². The maximum atomic E-state index is 12.4. The van der Waals surface area contributed by atoms with E-state index < -0.39 is 0 Å². The van der Waals surface area contributed by atoms with Crippen LogP contribution >= 0.6 is 0 Å². The van der Waals surface area contributed by atoms with E-state index in [1.54, 1.807) is 30.3 Å². The number of para-hydroxylation sites is 2. The minimum Gasteiger partial charge on any atom is -0.507 e. The highest BCUT2D eigenvalue weighted by molar-refractivity contribution is 6.07. The number of amides is 1. The van der Waals surface area contributed by atoms with Crippen LogP contribution in [-0.4, -0.2) is 29.3 Å². The topological polar surface area (TPSA) is 60.8 Å². The molecule has 2 aromatic carbocycles. The number of hydrogen-bond donors (Lipinski definition) is 2. The maximum Gasteiger partial charge on any atom is 0.262 e. The number of aliphatic hydroxyl groups is 1. The van der Waals surface area contributed by atoms with E-state index in [0.29, 0.717) is 5.69 Å². The molecule has 1 amide bonds. The van der Waals surface area contributed by atoms with Crippen molar-refractivity contribution in [3.63, 3.8) is 0 Å². The van der Waals surface area contributed by atoms with Gasteiger partial charge in [-0.05, 0) is 24.3 Å². The molecule has 2 aromatic rings. The molecule has 2 N–H and O–H groups in total. The number of phenolic OH excluding ortho intramolecular Hbond substituents is 1. The van der Waals surface area contributed by atoms with Crippen LogP contribution in [0, 0.1) is 0 Å². The molecule has 0 saturated carbocycles. The quantitative estimate of drug-likeness (QED) is 0.881. The first kappa shape index (κ1) is 13.1. The van der Waals surface area contributed by atoms with Crippen LogP contribution in [-0.2, 0) is 0 Å². The van der Waals surface area contributed by atoms with Gasteiger partial charge < -0.3 is 15.1 Å². The number of rotatable bonds is 4. The first-order chi connectivity index (χ1) is 9.24. The lowest BCUT2D eigenvalue weighted by atomic mass is 10.1. The van der Waals surface area contributed by atoms with Gasteiger partial charge in [0.2, 0.25) is 0 Å². The predicted octanol–water partition coefficient (Wildman–Crippen LogP) is 2.03. The van der Waals surface area contributed by atoms with E-state index in [-0.39, 0.29) is 30.4 Å². The lowest BCUT2D eigenvalue weighted by Gasteiger charge is -2.22. The number of aromatic hydroxyl groups is 1. The molecule has 2 rings (SSSR count). The molecule has 0 radical (unpaired) electrons. The van der Waals surface area contributed by atoms with Crippen molar-refractivity contribution in [2.75, 3.05) is 18.1 Å². The van der Waals surface area contributed by atoms with Crippen LogP contribution in [0.2, 0.25) is 0 Å². The van der Waals surface area contributed by atoms with E-state index in [9.17, 15) is 9.90 Å². The number of phenols is 1. The third kappa shape index (κ3) is 2.92. The Bertz CT molecular complexity index is 554. The van der Waals surface area contributed by atoms with Crippen molar-refractivity contribution in [3.8, 4) is 5.75 Å². The summed E-state index contributed by atoms with van der Waals surface area (Å²) >= 11 is 0. The Labute approximate surface area is 111 Å². The van der Waals surface area contributed by atoms with Gasteiger partial charge in [-0.25, -0.2) is 0 Å². The van der Waals surface area contributed by atoms with E-state index in [1.165, 1.54) is 11.0 Å². The van der Waals surface area contributed by atoms with Crippen LogP contribution in [0.3, 0.4) is 0 Å². The highest BCUT2D eigenvalue weighted by atomic mass is 16.3. The average molecular weight is 257 g/mol. The lowest BCUT2D eigenvalue weighted by Crippen LogP contribution is -2.33. The summed E-state index contributed by atoms with van der Waals surface area (Å²) in [6, 6.07) is 15.4. The van der Waals surface area contributed by atoms with Crippen molar-refractivity contribution in [3.05, 3.63) is 60.2 Å². The first-order valence-corrected chi connectivity index (χ1v) is 6.00. The van der Waals surface area contributed by atoms with Gasteiger partial charge in [0.15, 0.2) is 0 Å². The Hall–Kier alpha value is -2.33. The van der Waals surface area contributed by atoms with E-state index in [2.05, 4.69) is 0 Å². The van der Waals surface area contributed by atoms with Crippen LogP contribution in [0.5, 0.6) is 5.75 Å². The second kappa shape index (κ2) is 6.02. The van der Waals surface area contributed by atoms with Crippen molar-refractivity contribution < 1.29 is 15.0 Å². The fourth-order valence-electron chi connectivity index (χ4n) is 1.86. The lowest BCUT2D eigenvalue weighted by molar-refractivity contribution is 0.0978. The number of carbonyl (C=O) groups excluding carboxylic acids is 1. The molecular formula is C15H15NO3. The van der Waals surface area contributed by atoms with Gasteiger partial charge in [0, 0.05) is 12.2 Å². The molecule has 0 aromatic heterocycles. The van der Waals surface area contributed by atoms with Crippen molar-refractivity contribution >= 4 is 11.6 Å². The molecular weight excluding hydrogens is 242 g/mol. The number of carbonyl (C=O) groups is 1. The van der Waals surface area contributed by atoms with Gasteiger partial charge in [-0.1, -0.05) is 30.3 Å². The Kier molecular flexibility index (Phi) is 4.15. The van der Waals surface area contributed by atoms with Crippen LogP contribution in [0.1, 0.15) is 10.4 Å². The molecule has 0 saturated heterocycles. The zero-order valence-electron chi connectivity index (χ0n) is 10.4. The Balaban J connectivity index is 2.35. The number of benzene rings is 2. The molecule has 4 heteroatoms. The molecule has 0 aliphatic carbocycles. The normalized spacial score (nSPS) is 10.2. The largest absolute Gasteiger partial charge is 0.507 e. The number of hydrogen-bond acceptors (Lipinski definition) is 3. The van der Waals surface area contributed by atoms with E-state index in [0.717, 1.165) is 0 Å². The molecule has 98 valence electrons. The summed E-state index contributed by atoms with van der Waals surface area (Å²) in [6.45, 7) is 0.0331. The summed E-state index contributed by atoms with van der Waals surface area (Å²) in [7, 11) is 0. The number of nitrogens with zero attached hydrogens (tertiary/aromatic N) is 1. The Morgan fingerprint density at radius 1 is 1.00 bits per heavy atom. The number of anilines is 1. The van der Waals surface area contributed by atoms with Crippen molar-refractivity contribution in [1.82, 2.24) is 0 Å². The van der Waals surface area contributed by atoms with Crippen LogP contribution in [0.25, 0.3) is 0 Å². The molecule has 0 bridgehead atoms. The van der Waals surface area contributed by atoms with Gasteiger partial charge in [-0.3, -0.25) is 4.79 Å². The third-order valence-electron chi connectivity index (χ3n) is 2.77. The first-order valence-electron chi connectivity index (χ1n) is 6.00. The Morgan fingerprint density at radius 3 is 2.26 bits per heavy atom. The SMILES string of the molecule is O=C(c1ccccc1O)N(CCO)c1ccccc1. The molecule has 0 unspecified atom stereocenters. The highest BCUT2D eigenvalue weighted by Gasteiger charge is 2.19. The molecule has 4 nitrogen and oxygen atoms in total. The summed E-state index contributed by atoms with van der Waals surface area (Å²) in [4.78, 5) is 13.9. The van der Waals surface area contributed by atoms with Gasteiger partial charge in [-0.15, -0.1) is 0 Å². The fourth-order valence-corrected chi connectivity index (χ4v) is 1.86. The zero-order valence-corrected chi connectivity index (χ0v) is 10.4. The molecule has 0 aliphatic rings. The van der Waals surface area contributed by atoms with Gasteiger partial charge in [0.05, 0.1) is 12.2 Å². The second-order valence-electron chi connectivity index (χ2n) is 4.03. The molecule has 19 heavy (non-hydrogen) atoms. The van der Waals surface area contributed by atoms with Gasteiger partial charge in [-0.2, -0.15) is 0 Å². The zero-order chi connectivity index (χ0) is 13.7. The summed E-state index contributed by atoms with van der Waals surface area (Å²) in [6.07, 6.45) is 0. The summed E-state index contributed by atoms with van der Waals surface area (Å²) in [5, 5.41) is 18.8. The minimum atomic E-state index is -0.335. The Morgan fingerprint density at radius 2 is 1.63 bits per heavy atom. The summed E-state index contributed by atoms with van der Waals surface area (Å²) in [5.74, 6) is -0.398. The van der Waals surface area contributed by atoms with Crippen molar-refractivity contribution in [1.29, 1.82) is 0 Å². The summed E-state index contributed by atoms with van der Waals surface area (Å²) < 4.78 is 0. The second-order valence-corrected chi connectivity index (χ2v) is 4.03. The van der Waals surface area contributed by atoms with E-state index in [4.69, 9.17) is 5.11 Å². The van der Waals surface area contributed by atoms with E-state index >= 15 is 0 Å². The molecule has 0 atom stereocenters. The van der Waals surface area contributed by atoms with Crippen LogP contribution in [0.15, 0.2) is 54.6 Å². The minimum absolute atomic E-state index is 0.0635. The monoisotopic (exact) mass is 257 g/mol. The molecule has 0 fully saturated rings. The fraction of sp³-hybridized carbons (Fsp3) is 0.133. The van der Waals surface area contributed by atoms with Crippen molar-refractivity contribution in [2.24, 2.45) is 0 Å². The summed E-state index contributed by atoms with van der Waals surface area (Å²) in [5.41, 5.74) is 0.907. The molecule has 0 spiro atoms. The molecule has 0 heterocycles. The third-order valence-corrected chi connectivity index (χ3v) is 2.77. The van der Waals surface area contributed by atoms with Gasteiger partial charge in [0.1, 0.15) is 5.75 Å².